The third kappa shape index (κ3) is 3.42. The van der Waals surface area contributed by atoms with Crippen molar-refractivity contribution in [1.29, 1.82) is 5.26 Å². The van der Waals surface area contributed by atoms with Gasteiger partial charge >= 0.3 is 0 Å². The van der Waals surface area contributed by atoms with Crippen LogP contribution in [0.2, 0.25) is 0 Å². The molecular formula is C17H17N5O3S. The van der Waals surface area contributed by atoms with E-state index in [1.54, 1.807) is 24.0 Å². The van der Waals surface area contributed by atoms with Crippen LogP contribution in [0.3, 0.4) is 0 Å². The highest BCUT2D eigenvalue weighted by Crippen LogP contribution is 2.21. The van der Waals surface area contributed by atoms with Gasteiger partial charge in [-0.15, -0.1) is 0 Å². The lowest BCUT2D eigenvalue weighted by Crippen LogP contribution is -2.50. The first-order valence-electron chi connectivity index (χ1n) is 8.00. The zero-order valence-electron chi connectivity index (χ0n) is 14.2. The summed E-state index contributed by atoms with van der Waals surface area (Å²) in [5.74, 6) is -0.271. The maximum atomic E-state index is 12.8. The van der Waals surface area contributed by atoms with Gasteiger partial charge in [0.2, 0.25) is 10.0 Å². The number of hydrogen-bond acceptors (Lipinski definition) is 6. The number of carbonyl (C=O) groups is 1. The number of carbonyl (C=O) groups excluding carboxylic acids is 1. The van der Waals surface area contributed by atoms with Crippen LogP contribution >= 0.6 is 0 Å². The summed E-state index contributed by atoms with van der Waals surface area (Å²) in [4.78, 5) is 22.1. The molecule has 9 heteroatoms. The number of nitriles is 1. The van der Waals surface area contributed by atoms with Gasteiger partial charge in [-0.1, -0.05) is 12.1 Å². The van der Waals surface area contributed by atoms with Crippen molar-refractivity contribution in [2.24, 2.45) is 0 Å². The van der Waals surface area contributed by atoms with Gasteiger partial charge in [-0.3, -0.25) is 9.78 Å². The van der Waals surface area contributed by atoms with Crippen LogP contribution in [0.4, 0.5) is 0 Å². The van der Waals surface area contributed by atoms with Crippen LogP contribution in [0.5, 0.6) is 0 Å². The van der Waals surface area contributed by atoms with Crippen LogP contribution < -0.4 is 0 Å². The largest absolute Gasteiger partial charge is 0.335 e. The maximum absolute atomic E-state index is 12.8. The van der Waals surface area contributed by atoms with Crippen LogP contribution in [0, 0.1) is 18.3 Å². The molecular weight excluding hydrogens is 354 g/mol. The number of nitrogens with zero attached hydrogens (tertiary/aromatic N) is 5. The number of piperazine rings is 1. The minimum atomic E-state index is -3.78. The lowest BCUT2D eigenvalue weighted by Gasteiger charge is -2.33. The highest BCUT2D eigenvalue weighted by Gasteiger charge is 2.32. The molecule has 2 heterocycles. The van der Waals surface area contributed by atoms with Gasteiger partial charge in [-0.25, -0.2) is 13.4 Å². The molecule has 1 amide bonds. The molecule has 0 saturated carbocycles. The summed E-state index contributed by atoms with van der Waals surface area (Å²) in [6.07, 6.45) is 2.94. The smallest absolute Gasteiger partial charge is 0.274 e. The number of hydrogen-bond donors (Lipinski definition) is 0. The fraction of sp³-hybridized carbons (Fsp3) is 0.294. The van der Waals surface area contributed by atoms with Crippen LogP contribution in [-0.4, -0.2) is 59.7 Å². The second-order valence-corrected chi connectivity index (χ2v) is 7.75. The van der Waals surface area contributed by atoms with Crippen LogP contribution in [0.1, 0.15) is 21.7 Å². The van der Waals surface area contributed by atoms with E-state index in [1.807, 2.05) is 6.07 Å². The second kappa shape index (κ2) is 7.19. The summed E-state index contributed by atoms with van der Waals surface area (Å²) in [6.45, 7) is 2.61. The molecule has 1 fully saturated rings. The molecule has 1 aromatic carbocycles. The summed E-state index contributed by atoms with van der Waals surface area (Å²) in [6, 6.07) is 8.02. The van der Waals surface area contributed by atoms with E-state index < -0.39 is 10.0 Å². The van der Waals surface area contributed by atoms with E-state index in [9.17, 15) is 13.2 Å². The Labute approximate surface area is 151 Å². The Kier molecular flexibility index (Phi) is 4.97. The van der Waals surface area contributed by atoms with Crippen molar-refractivity contribution in [2.45, 2.75) is 11.8 Å². The van der Waals surface area contributed by atoms with E-state index in [0.29, 0.717) is 5.69 Å². The van der Waals surface area contributed by atoms with Crippen molar-refractivity contribution in [2.75, 3.05) is 26.2 Å². The number of benzene rings is 1. The third-order valence-electron chi connectivity index (χ3n) is 4.15. The highest BCUT2D eigenvalue weighted by molar-refractivity contribution is 7.89. The molecule has 1 aliphatic heterocycles. The molecule has 0 spiro atoms. The average molecular weight is 371 g/mol. The number of aromatic nitrogens is 2. The van der Waals surface area contributed by atoms with Crippen LogP contribution in [0.25, 0.3) is 0 Å². The second-order valence-electron chi connectivity index (χ2n) is 5.85. The van der Waals surface area contributed by atoms with Crippen LogP contribution in [0.15, 0.2) is 41.6 Å². The summed E-state index contributed by atoms with van der Waals surface area (Å²) in [5.41, 5.74) is 1.07. The SMILES string of the molecule is Cc1cnc(C(=O)N2CCN(S(=O)(=O)c3ccccc3C#N)CC2)cn1. The van der Waals surface area contributed by atoms with Crippen molar-refractivity contribution in [3.05, 3.63) is 53.6 Å². The standard InChI is InChI=1S/C17H17N5O3S/c1-13-11-20-15(12-19-13)17(23)21-6-8-22(9-7-21)26(24,25)16-5-3-2-4-14(16)10-18/h2-5,11-12H,6-9H2,1H3. The number of aryl methyl sites for hydroxylation is 1. The fourth-order valence-corrected chi connectivity index (χ4v) is 4.28. The Morgan fingerprint density at radius 2 is 1.81 bits per heavy atom. The quantitative estimate of drug-likeness (QED) is 0.790. The predicted octanol–water partition coefficient (Wildman–Crippen LogP) is 0.803. The van der Waals surface area contributed by atoms with Crippen molar-refractivity contribution < 1.29 is 13.2 Å². The molecule has 0 unspecified atom stereocenters. The minimum Gasteiger partial charge on any atom is -0.335 e. The summed E-state index contributed by atoms with van der Waals surface area (Å²) >= 11 is 0. The van der Waals surface area contributed by atoms with Gasteiger partial charge in [0.25, 0.3) is 5.91 Å². The molecule has 2 aromatic rings. The highest BCUT2D eigenvalue weighted by atomic mass is 32.2. The normalized spacial score (nSPS) is 15.5. The Balaban J connectivity index is 1.73. The molecule has 3 rings (SSSR count). The van der Waals surface area contributed by atoms with E-state index in [2.05, 4.69) is 9.97 Å². The van der Waals surface area contributed by atoms with E-state index in [4.69, 9.17) is 5.26 Å². The first kappa shape index (κ1) is 18.0. The van der Waals surface area contributed by atoms with Gasteiger partial charge in [-0.05, 0) is 19.1 Å². The van der Waals surface area contributed by atoms with Crippen molar-refractivity contribution in [3.63, 3.8) is 0 Å². The fourth-order valence-electron chi connectivity index (χ4n) is 2.72. The van der Waals surface area contributed by atoms with Crippen molar-refractivity contribution in [3.8, 4) is 6.07 Å². The molecule has 0 radical (unpaired) electrons. The zero-order valence-corrected chi connectivity index (χ0v) is 15.0. The molecule has 0 N–H and O–H groups in total. The van der Waals surface area contributed by atoms with Crippen LogP contribution in [-0.2, 0) is 10.0 Å². The van der Waals surface area contributed by atoms with Gasteiger partial charge in [0.1, 0.15) is 11.8 Å². The summed E-state index contributed by atoms with van der Waals surface area (Å²) < 4.78 is 26.9. The van der Waals surface area contributed by atoms with E-state index in [1.165, 1.54) is 28.8 Å². The molecule has 8 nitrogen and oxygen atoms in total. The van der Waals surface area contributed by atoms with Gasteiger partial charge in [0.15, 0.2) is 0 Å². The third-order valence-corrected chi connectivity index (χ3v) is 6.11. The molecule has 26 heavy (non-hydrogen) atoms. The molecule has 0 atom stereocenters. The predicted molar refractivity (Wildman–Crippen MR) is 92.6 cm³/mol. The van der Waals surface area contributed by atoms with Gasteiger partial charge < -0.3 is 4.90 Å². The van der Waals surface area contributed by atoms with E-state index >= 15 is 0 Å². The number of rotatable bonds is 3. The average Bonchev–Trinajstić information content (AvgIpc) is 2.68. The first-order valence-corrected chi connectivity index (χ1v) is 9.44. The van der Waals surface area contributed by atoms with Gasteiger partial charge in [0.05, 0.1) is 22.3 Å². The molecule has 0 bridgehead atoms. The lowest BCUT2D eigenvalue weighted by atomic mass is 10.2. The minimum absolute atomic E-state index is 0.00771. The molecule has 134 valence electrons. The van der Waals surface area contributed by atoms with Gasteiger partial charge in [0, 0.05) is 32.4 Å². The monoisotopic (exact) mass is 371 g/mol. The molecule has 0 aliphatic carbocycles. The van der Waals surface area contributed by atoms with Crippen molar-refractivity contribution >= 4 is 15.9 Å². The Bertz CT molecular complexity index is 959. The van der Waals surface area contributed by atoms with Crippen molar-refractivity contribution in [1.82, 2.24) is 19.2 Å². The lowest BCUT2D eigenvalue weighted by molar-refractivity contribution is 0.0691. The summed E-state index contributed by atoms with van der Waals surface area (Å²) in [5, 5.41) is 9.14. The van der Waals surface area contributed by atoms with Gasteiger partial charge in [-0.2, -0.15) is 9.57 Å². The molecule has 1 aromatic heterocycles. The summed E-state index contributed by atoms with van der Waals surface area (Å²) in [7, 11) is -3.78. The first-order chi connectivity index (χ1) is 12.4. The molecule has 1 saturated heterocycles. The van der Waals surface area contributed by atoms with E-state index in [-0.39, 0.29) is 48.2 Å². The maximum Gasteiger partial charge on any atom is 0.274 e. The van der Waals surface area contributed by atoms with E-state index in [0.717, 1.165) is 0 Å². The zero-order chi connectivity index (χ0) is 18.7. The Morgan fingerprint density at radius 1 is 1.12 bits per heavy atom. The Morgan fingerprint density at radius 3 is 2.42 bits per heavy atom. The topological polar surface area (TPSA) is 107 Å². The Hall–Kier alpha value is -2.83. The number of sulfonamides is 1. The number of amides is 1. The molecule has 1 aliphatic rings.